The van der Waals surface area contributed by atoms with Crippen molar-refractivity contribution in [2.45, 2.75) is 11.4 Å². The number of hydrogen-bond acceptors (Lipinski definition) is 6. The van der Waals surface area contributed by atoms with Crippen LogP contribution in [0.15, 0.2) is 65.0 Å². The number of anilines is 3. The monoisotopic (exact) mass is 328 g/mol. The molecule has 0 bridgehead atoms. The molecule has 0 radical (unpaired) electrons. The zero-order chi connectivity index (χ0) is 15.2. The van der Waals surface area contributed by atoms with Crippen molar-refractivity contribution in [3.05, 3.63) is 65.7 Å². The number of benzene rings is 2. The SMILES string of the molecule is Nc1ccccc1CNc1ccc(SNc2nccs2)cc1. The molecule has 2 aromatic carbocycles. The summed E-state index contributed by atoms with van der Waals surface area (Å²) in [4.78, 5) is 5.32. The van der Waals surface area contributed by atoms with Crippen LogP contribution < -0.4 is 15.8 Å². The lowest BCUT2D eigenvalue weighted by atomic mass is 10.2. The van der Waals surface area contributed by atoms with Gasteiger partial charge in [0.15, 0.2) is 5.13 Å². The third-order valence-corrected chi connectivity index (χ3v) is 4.70. The van der Waals surface area contributed by atoms with E-state index in [0.29, 0.717) is 0 Å². The molecule has 4 N–H and O–H groups in total. The van der Waals surface area contributed by atoms with Crippen molar-refractivity contribution in [1.29, 1.82) is 0 Å². The van der Waals surface area contributed by atoms with Crippen LogP contribution in [-0.2, 0) is 6.54 Å². The largest absolute Gasteiger partial charge is 0.398 e. The van der Waals surface area contributed by atoms with Crippen molar-refractivity contribution >= 4 is 39.8 Å². The number of hydrogen-bond donors (Lipinski definition) is 3. The number of rotatable bonds is 6. The summed E-state index contributed by atoms with van der Waals surface area (Å²) in [6.07, 6.45) is 1.79. The fourth-order valence-electron chi connectivity index (χ4n) is 1.91. The van der Waals surface area contributed by atoms with Gasteiger partial charge in [-0.25, -0.2) is 4.98 Å². The molecule has 1 aromatic heterocycles. The smallest absolute Gasteiger partial charge is 0.192 e. The first-order valence-corrected chi connectivity index (χ1v) is 8.50. The maximum atomic E-state index is 5.94. The molecule has 1 heterocycles. The van der Waals surface area contributed by atoms with Gasteiger partial charge in [0.1, 0.15) is 0 Å². The Morgan fingerprint density at radius 3 is 2.64 bits per heavy atom. The molecule has 0 aliphatic heterocycles. The lowest BCUT2D eigenvalue weighted by Gasteiger charge is -2.09. The van der Waals surface area contributed by atoms with E-state index in [1.165, 1.54) is 0 Å². The number of nitrogen functional groups attached to an aromatic ring is 1. The van der Waals surface area contributed by atoms with Gasteiger partial charge in [0.25, 0.3) is 0 Å². The van der Waals surface area contributed by atoms with E-state index < -0.39 is 0 Å². The summed E-state index contributed by atoms with van der Waals surface area (Å²) >= 11 is 3.14. The highest BCUT2D eigenvalue weighted by Crippen LogP contribution is 2.24. The zero-order valence-electron chi connectivity index (χ0n) is 11.8. The van der Waals surface area contributed by atoms with E-state index in [9.17, 15) is 0 Å². The topological polar surface area (TPSA) is 63.0 Å². The van der Waals surface area contributed by atoms with Gasteiger partial charge in [0, 0.05) is 34.4 Å². The molecular formula is C16H16N4S2. The second kappa shape index (κ2) is 7.20. The minimum Gasteiger partial charge on any atom is -0.398 e. The molecule has 0 saturated carbocycles. The Balaban J connectivity index is 1.54. The van der Waals surface area contributed by atoms with Crippen LogP contribution in [0, 0.1) is 0 Å². The lowest BCUT2D eigenvalue weighted by Crippen LogP contribution is -2.02. The summed E-state index contributed by atoms with van der Waals surface area (Å²) < 4.78 is 3.21. The normalized spacial score (nSPS) is 10.4. The maximum Gasteiger partial charge on any atom is 0.192 e. The Morgan fingerprint density at radius 2 is 1.91 bits per heavy atom. The average Bonchev–Trinajstić information content (AvgIpc) is 3.07. The number of thiazole rings is 1. The Labute approximate surface area is 137 Å². The van der Waals surface area contributed by atoms with E-state index in [0.717, 1.165) is 33.5 Å². The summed E-state index contributed by atoms with van der Waals surface area (Å²) in [5.41, 5.74) is 8.93. The Bertz CT molecular complexity index is 711. The third kappa shape index (κ3) is 3.93. The Hall–Kier alpha value is -2.18. The molecule has 3 aromatic rings. The first-order valence-electron chi connectivity index (χ1n) is 6.81. The standard InChI is InChI=1S/C16H16N4S2/c17-15-4-2-1-3-12(15)11-19-13-5-7-14(8-6-13)22-20-16-18-9-10-21-16/h1-10,19H,11,17H2,(H,18,20). The number of nitrogens with one attached hydrogen (secondary N) is 2. The van der Waals surface area contributed by atoms with Gasteiger partial charge < -0.3 is 15.8 Å². The van der Waals surface area contributed by atoms with Gasteiger partial charge in [0.05, 0.1) is 0 Å². The molecule has 3 rings (SSSR count). The van der Waals surface area contributed by atoms with E-state index in [1.807, 2.05) is 29.6 Å². The minimum absolute atomic E-state index is 0.719. The first-order chi connectivity index (χ1) is 10.8. The van der Waals surface area contributed by atoms with Gasteiger partial charge in [-0.2, -0.15) is 0 Å². The van der Waals surface area contributed by atoms with Crippen LogP contribution in [0.4, 0.5) is 16.5 Å². The summed E-state index contributed by atoms with van der Waals surface area (Å²) in [5, 5.41) is 6.24. The molecule has 4 nitrogen and oxygen atoms in total. The van der Waals surface area contributed by atoms with Crippen molar-refractivity contribution in [2.75, 3.05) is 15.8 Å². The fraction of sp³-hybridized carbons (Fsp3) is 0.0625. The fourth-order valence-corrected chi connectivity index (χ4v) is 3.13. The van der Waals surface area contributed by atoms with E-state index in [4.69, 9.17) is 5.73 Å². The van der Waals surface area contributed by atoms with Crippen LogP contribution >= 0.6 is 23.3 Å². The molecule has 0 fully saturated rings. The zero-order valence-corrected chi connectivity index (χ0v) is 13.5. The van der Waals surface area contributed by atoms with Crippen molar-refractivity contribution < 1.29 is 0 Å². The third-order valence-electron chi connectivity index (χ3n) is 3.08. The van der Waals surface area contributed by atoms with E-state index in [2.05, 4.69) is 39.3 Å². The summed E-state index contributed by atoms with van der Waals surface area (Å²) in [7, 11) is 0. The highest BCUT2D eigenvalue weighted by atomic mass is 32.2. The molecule has 0 aliphatic rings. The predicted octanol–water partition coefficient (Wildman–Crippen LogP) is 4.46. The molecule has 0 atom stereocenters. The first kappa shape index (κ1) is 14.7. The second-order valence-electron chi connectivity index (χ2n) is 4.62. The van der Waals surface area contributed by atoms with Gasteiger partial charge >= 0.3 is 0 Å². The molecule has 22 heavy (non-hydrogen) atoms. The van der Waals surface area contributed by atoms with Crippen LogP contribution in [0.1, 0.15) is 5.56 Å². The van der Waals surface area contributed by atoms with E-state index in [-0.39, 0.29) is 0 Å². The van der Waals surface area contributed by atoms with Crippen molar-refractivity contribution in [1.82, 2.24) is 4.98 Å². The maximum absolute atomic E-state index is 5.94. The van der Waals surface area contributed by atoms with Crippen molar-refractivity contribution in [3.63, 3.8) is 0 Å². The molecule has 0 amide bonds. The minimum atomic E-state index is 0.719. The molecule has 0 spiro atoms. The highest BCUT2D eigenvalue weighted by molar-refractivity contribution is 8.00. The molecule has 112 valence electrons. The number of nitrogens with zero attached hydrogens (tertiary/aromatic N) is 1. The van der Waals surface area contributed by atoms with Crippen LogP contribution in [-0.4, -0.2) is 4.98 Å². The molecule has 0 unspecified atom stereocenters. The van der Waals surface area contributed by atoms with E-state index >= 15 is 0 Å². The molecular weight excluding hydrogens is 312 g/mol. The summed E-state index contributed by atoms with van der Waals surface area (Å²) in [6, 6.07) is 16.2. The van der Waals surface area contributed by atoms with Crippen molar-refractivity contribution in [2.24, 2.45) is 0 Å². The summed E-state index contributed by atoms with van der Waals surface area (Å²) in [5.74, 6) is 0. The van der Waals surface area contributed by atoms with Gasteiger partial charge in [-0.1, -0.05) is 18.2 Å². The van der Waals surface area contributed by atoms with Crippen molar-refractivity contribution in [3.8, 4) is 0 Å². The van der Waals surface area contributed by atoms with Gasteiger partial charge in [-0.05, 0) is 47.8 Å². The molecule has 0 saturated heterocycles. The molecule has 6 heteroatoms. The quantitative estimate of drug-likeness (QED) is 0.461. The van der Waals surface area contributed by atoms with Gasteiger partial charge in [-0.15, -0.1) is 11.3 Å². The molecule has 0 aliphatic carbocycles. The van der Waals surface area contributed by atoms with Crippen LogP contribution in [0.3, 0.4) is 0 Å². The average molecular weight is 328 g/mol. The number of para-hydroxylation sites is 1. The number of nitrogens with two attached hydrogens (primary N) is 1. The Kier molecular flexibility index (Phi) is 4.82. The summed E-state index contributed by atoms with van der Waals surface area (Å²) in [6.45, 7) is 0.719. The van der Waals surface area contributed by atoms with E-state index in [1.54, 1.807) is 29.5 Å². The van der Waals surface area contributed by atoms with Gasteiger partial charge in [-0.3, -0.25) is 0 Å². The second-order valence-corrected chi connectivity index (χ2v) is 6.39. The number of aromatic nitrogens is 1. The predicted molar refractivity (Wildman–Crippen MR) is 96.2 cm³/mol. The highest BCUT2D eigenvalue weighted by Gasteiger charge is 2.00. The van der Waals surface area contributed by atoms with Crippen LogP contribution in [0.25, 0.3) is 0 Å². The van der Waals surface area contributed by atoms with Gasteiger partial charge in [0.2, 0.25) is 0 Å². The van der Waals surface area contributed by atoms with Crippen LogP contribution in [0.2, 0.25) is 0 Å². The Morgan fingerprint density at radius 1 is 1.09 bits per heavy atom. The lowest BCUT2D eigenvalue weighted by molar-refractivity contribution is 1.15. The van der Waals surface area contributed by atoms with Crippen LogP contribution in [0.5, 0.6) is 0 Å².